The molecule has 4 aliphatic heterocycles. The number of benzene rings is 1. The Morgan fingerprint density at radius 2 is 1.79 bits per heavy atom. The third kappa shape index (κ3) is 4.51. The van der Waals surface area contributed by atoms with Crippen LogP contribution in [0.3, 0.4) is 0 Å². The van der Waals surface area contributed by atoms with Gasteiger partial charge in [-0.05, 0) is 37.2 Å². The minimum Gasteiger partial charge on any atom is -0.465 e. The van der Waals surface area contributed by atoms with Crippen LogP contribution in [-0.2, 0) is 30.4 Å². The van der Waals surface area contributed by atoms with Crippen molar-refractivity contribution in [2.24, 2.45) is 17.8 Å². The SMILES string of the molecule is CC[C@@]12/C=C\CCCCOC(=O)[C@@H]1[C@H]1C(=O)N([C@@H](CO)C(C)C)C3C(=O)N(Cc4ccccc4)CC=C[C@@]31O2. The van der Waals surface area contributed by atoms with E-state index in [0.717, 1.165) is 24.8 Å². The molecule has 2 fully saturated rings. The van der Waals surface area contributed by atoms with Gasteiger partial charge in [-0.15, -0.1) is 0 Å². The summed E-state index contributed by atoms with van der Waals surface area (Å²) in [6.45, 7) is 6.50. The number of nitrogens with zero attached hydrogens (tertiary/aromatic N) is 2. The molecule has 0 aliphatic carbocycles. The molecule has 1 aromatic carbocycles. The summed E-state index contributed by atoms with van der Waals surface area (Å²) >= 11 is 0. The lowest BCUT2D eigenvalue weighted by molar-refractivity contribution is -0.164. The zero-order valence-corrected chi connectivity index (χ0v) is 23.1. The first-order valence-corrected chi connectivity index (χ1v) is 14.3. The van der Waals surface area contributed by atoms with Gasteiger partial charge in [0.2, 0.25) is 11.8 Å². The third-order valence-corrected chi connectivity index (χ3v) is 8.93. The first-order chi connectivity index (χ1) is 18.8. The van der Waals surface area contributed by atoms with Gasteiger partial charge in [0.1, 0.15) is 23.2 Å². The molecule has 0 bridgehead atoms. The van der Waals surface area contributed by atoms with Crippen LogP contribution in [0.5, 0.6) is 0 Å². The fourth-order valence-corrected chi connectivity index (χ4v) is 6.95. The van der Waals surface area contributed by atoms with Crippen LogP contribution in [-0.4, -0.2) is 75.7 Å². The van der Waals surface area contributed by atoms with Gasteiger partial charge >= 0.3 is 5.97 Å². The number of aliphatic hydroxyl groups excluding tert-OH is 1. The summed E-state index contributed by atoms with van der Waals surface area (Å²) in [5.41, 5.74) is -1.46. The second-order valence-electron chi connectivity index (χ2n) is 11.5. The van der Waals surface area contributed by atoms with Crippen LogP contribution in [0.15, 0.2) is 54.6 Å². The fourth-order valence-electron chi connectivity index (χ4n) is 6.95. The molecule has 8 nitrogen and oxygen atoms in total. The minimum atomic E-state index is -1.36. The molecule has 4 aliphatic rings. The number of hydrogen-bond donors (Lipinski definition) is 1. The highest BCUT2D eigenvalue weighted by Crippen LogP contribution is 2.58. The van der Waals surface area contributed by atoms with E-state index < -0.39 is 41.1 Å². The number of likely N-dealkylation sites (tertiary alicyclic amines) is 1. The Bertz CT molecular complexity index is 1150. The summed E-state index contributed by atoms with van der Waals surface area (Å²) in [6.07, 6.45) is 10.6. The van der Waals surface area contributed by atoms with Crippen LogP contribution in [0.4, 0.5) is 0 Å². The number of amides is 2. The molecule has 4 heterocycles. The minimum absolute atomic E-state index is 0.121. The van der Waals surface area contributed by atoms with Gasteiger partial charge in [0.05, 0.1) is 25.2 Å². The van der Waals surface area contributed by atoms with Crippen LogP contribution >= 0.6 is 0 Å². The topological polar surface area (TPSA) is 96.4 Å². The Morgan fingerprint density at radius 1 is 1.03 bits per heavy atom. The summed E-state index contributed by atoms with van der Waals surface area (Å²) in [5, 5.41) is 10.4. The number of esters is 1. The van der Waals surface area contributed by atoms with E-state index in [1.54, 1.807) is 4.90 Å². The normalized spacial score (nSPS) is 34.3. The number of carbonyl (C=O) groups excluding carboxylic acids is 3. The van der Waals surface area contributed by atoms with E-state index in [1.807, 2.05) is 75.4 Å². The van der Waals surface area contributed by atoms with E-state index in [0.29, 0.717) is 19.5 Å². The molecule has 210 valence electrons. The molecule has 8 heteroatoms. The Hall–Kier alpha value is -2.97. The molecule has 39 heavy (non-hydrogen) atoms. The number of allylic oxidation sites excluding steroid dienone is 1. The van der Waals surface area contributed by atoms with Crippen molar-refractivity contribution in [2.75, 3.05) is 19.8 Å². The summed E-state index contributed by atoms with van der Waals surface area (Å²) in [4.78, 5) is 45.9. The highest BCUT2D eigenvalue weighted by molar-refractivity contribution is 5.99. The maximum absolute atomic E-state index is 14.5. The third-order valence-electron chi connectivity index (χ3n) is 8.93. The quantitative estimate of drug-likeness (QED) is 0.443. The largest absolute Gasteiger partial charge is 0.465 e. The number of ether oxygens (including phenoxy) is 2. The van der Waals surface area contributed by atoms with E-state index in [-0.39, 0.29) is 30.9 Å². The Morgan fingerprint density at radius 3 is 2.49 bits per heavy atom. The molecule has 1 N–H and O–H groups in total. The number of fused-ring (bicyclic) bond motifs is 2. The molecule has 1 spiro atoms. The molecular formula is C31H40N2O6. The molecule has 1 unspecified atom stereocenters. The highest BCUT2D eigenvalue weighted by atomic mass is 16.6. The van der Waals surface area contributed by atoms with Crippen molar-refractivity contribution in [1.82, 2.24) is 9.80 Å². The van der Waals surface area contributed by atoms with Crippen molar-refractivity contribution < 1.29 is 29.0 Å². The highest BCUT2D eigenvalue weighted by Gasteiger charge is 2.76. The van der Waals surface area contributed by atoms with Crippen molar-refractivity contribution in [3.8, 4) is 0 Å². The second-order valence-corrected chi connectivity index (χ2v) is 11.5. The Balaban J connectivity index is 1.66. The first kappa shape index (κ1) is 27.6. The van der Waals surface area contributed by atoms with Crippen molar-refractivity contribution in [1.29, 1.82) is 0 Å². The monoisotopic (exact) mass is 536 g/mol. The van der Waals surface area contributed by atoms with E-state index in [9.17, 15) is 19.5 Å². The van der Waals surface area contributed by atoms with Crippen LogP contribution in [0.25, 0.3) is 0 Å². The van der Waals surface area contributed by atoms with Crippen molar-refractivity contribution in [3.63, 3.8) is 0 Å². The van der Waals surface area contributed by atoms with Gasteiger partial charge in [-0.3, -0.25) is 14.4 Å². The van der Waals surface area contributed by atoms with Gasteiger partial charge in [-0.1, -0.05) is 75.4 Å². The maximum atomic E-state index is 14.5. The number of rotatable bonds is 6. The predicted octanol–water partition coefficient (Wildman–Crippen LogP) is 3.25. The average Bonchev–Trinajstić information content (AvgIpc) is 3.29. The van der Waals surface area contributed by atoms with E-state index in [2.05, 4.69) is 0 Å². The Labute approximate surface area is 230 Å². The lowest BCUT2D eigenvalue weighted by atomic mass is 9.73. The van der Waals surface area contributed by atoms with Crippen molar-refractivity contribution in [3.05, 3.63) is 60.2 Å². The van der Waals surface area contributed by atoms with Gasteiger partial charge in [0.25, 0.3) is 0 Å². The molecule has 0 aromatic heterocycles. The lowest BCUT2D eigenvalue weighted by Gasteiger charge is -2.41. The summed E-state index contributed by atoms with van der Waals surface area (Å²) in [5.74, 6) is -3.01. The van der Waals surface area contributed by atoms with Gasteiger partial charge in [-0.2, -0.15) is 0 Å². The van der Waals surface area contributed by atoms with Gasteiger partial charge < -0.3 is 24.4 Å². The molecule has 2 amide bonds. The van der Waals surface area contributed by atoms with Gasteiger partial charge in [0, 0.05) is 13.1 Å². The van der Waals surface area contributed by atoms with E-state index in [1.165, 1.54) is 4.90 Å². The molecule has 5 rings (SSSR count). The summed E-state index contributed by atoms with van der Waals surface area (Å²) < 4.78 is 12.7. The smallest absolute Gasteiger partial charge is 0.313 e. The summed E-state index contributed by atoms with van der Waals surface area (Å²) in [6, 6.07) is 8.11. The number of aliphatic hydroxyl groups is 1. The van der Waals surface area contributed by atoms with Crippen molar-refractivity contribution >= 4 is 17.8 Å². The molecular weight excluding hydrogens is 496 g/mol. The molecule has 6 atom stereocenters. The number of carbonyl (C=O) groups is 3. The second kappa shape index (κ2) is 10.9. The lowest BCUT2D eigenvalue weighted by Crippen LogP contribution is -2.59. The van der Waals surface area contributed by atoms with Gasteiger partial charge in [-0.25, -0.2) is 0 Å². The van der Waals surface area contributed by atoms with Crippen LogP contribution < -0.4 is 0 Å². The van der Waals surface area contributed by atoms with E-state index in [4.69, 9.17) is 9.47 Å². The van der Waals surface area contributed by atoms with E-state index >= 15 is 0 Å². The Kier molecular flexibility index (Phi) is 7.71. The standard InChI is InChI=1S/C31H40N2O6/c1-4-30-15-10-5-6-11-18-38-29(37)25(30)24-27(35)33(23(20-34)21(2)3)26-28(36)32(17-12-16-31(24,26)39-30)19-22-13-8-7-9-14-22/h7-10,12-16,21,23-26,34H,4-6,11,17-20H2,1-3H3/b15-10-/t23-,24-,25-,26?,30+,31-/m0/s1. The van der Waals surface area contributed by atoms with Crippen LogP contribution in [0, 0.1) is 17.8 Å². The van der Waals surface area contributed by atoms with Crippen molar-refractivity contribution in [2.45, 2.75) is 76.3 Å². The summed E-state index contributed by atoms with van der Waals surface area (Å²) in [7, 11) is 0. The number of cyclic esters (lactones) is 1. The van der Waals surface area contributed by atoms with Gasteiger partial charge in [0.15, 0.2) is 0 Å². The van der Waals surface area contributed by atoms with Crippen LogP contribution in [0.2, 0.25) is 0 Å². The fraction of sp³-hybridized carbons (Fsp3) is 0.581. The average molecular weight is 537 g/mol. The maximum Gasteiger partial charge on any atom is 0.313 e. The molecule has 1 aromatic rings. The molecule has 0 saturated carbocycles. The zero-order valence-electron chi connectivity index (χ0n) is 23.1. The molecule has 2 saturated heterocycles. The number of hydrogen-bond acceptors (Lipinski definition) is 6. The van der Waals surface area contributed by atoms with Crippen LogP contribution in [0.1, 0.15) is 52.0 Å². The predicted molar refractivity (Wildman–Crippen MR) is 145 cm³/mol. The first-order valence-electron chi connectivity index (χ1n) is 14.3. The molecule has 0 radical (unpaired) electrons. The zero-order chi connectivity index (χ0) is 27.8.